The minimum Gasteiger partial charge on any atom is -0.345 e. The molecule has 1 aliphatic rings. The number of rotatable bonds is 4. The fourth-order valence-corrected chi connectivity index (χ4v) is 5.04. The number of anilines is 1. The van der Waals surface area contributed by atoms with E-state index in [0.717, 1.165) is 15.3 Å². The van der Waals surface area contributed by atoms with Crippen LogP contribution < -0.4 is 4.90 Å². The number of fused-ring (bicyclic) bond motifs is 1. The fraction of sp³-hybridized carbons (Fsp3) is 0.421. The van der Waals surface area contributed by atoms with Gasteiger partial charge in [-0.1, -0.05) is 11.3 Å². The number of nitrogens with zero attached hydrogens (tertiary/aromatic N) is 5. The van der Waals surface area contributed by atoms with Crippen LogP contribution >= 0.6 is 11.3 Å². The molecule has 0 unspecified atom stereocenters. The largest absolute Gasteiger partial charge is 0.345 e. The molecule has 3 heterocycles. The van der Waals surface area contributed by atoms with Crippen LogP contribution in [-0.2, 0) is 9.84 Å². The number of hydrogen-bond acceptors (Lipinski definition) is 7. The molecule has 2 aromatic heterocycles. The molecule has 1 aliphatic heterocycles. The average molecular weight is 434 g/mol. The van der Waals surface area contributed by atoms with Gasteiger partial charge in [-0.05, 0) is 38.1 Å². The van der Waals surface area contributed by atoms with Gasteiger partial charge in [0.2, 0.25) is 0 Å². The SMILES string of the molecule is CC(C)n1ccc(C(=O)N2CCN(c3nc4ccc(S(C)(=O)=O)cc4s3)CC2)n1. The lowest BCUT2D eigenvalue weighted by atomic mass is 10.3. The summed E-state index contributed by atoms with van der Waals surface area (Å²) in [6, 6.07) is 7.00. The quantitative estimate of drug-likeness (QED) is 0.628. The Bertz CT molecular complexity index is 1160. The Morgan fingerprint density at radius 3 is 2.48 bits per heavy atom. The summed E-state index contributed by atoms with van der Waals surface area (Å²) in [5, 5.41) is 5.22. The minimum atomic E-state index is -3.24. The van der Waals surface area contributed by atoms with E-state index in [-0.39, 0.29) is 11.9 Å². The number of carbonyl (C=O) groups excluding carboxylic acids is 1. The zero-order chi connectivity index (χ0) is 20.8. The maximum atomic E-state index is 12.7. The Hall–Kier alpha value is -2.46. The van der Waals surface area contributed by atoms with Gasteiger partial charge in [-0.3, -0.25) is 9.48 Å². The lowest BCUT2D eigenvalue weighted by Gasteiger charge is -2.34. The summed E-state index contributed by atoms with van der Waals surface area (Å²) < 4.78 is 26.2. The van der Waals surface area contributed by atoms with Crippen molar-refractivity contribution in [1.82, 2.24) is 19.7 Å². The number of sulfone groups is 1. The second-order valence-electron chi connectivity index (χ2n) is 7.45. The van der Waals surface area contributed by atoms with Crippen molar-refractivity contribution in [2.75, 3.05) is 37.3 Å². The normalized spacial score (nSPS) is 15.4. The molecule has 1 amide bonds. The van der Waals surface area contributed by atoms with E-state index < -0.39 is 9.84 Å². The summed E-state index contributed by atoms with van der Waals surface area (Å²) in [4.78, 5) is 21.6. The lowest BCUT2D eigenvalue weighted by Crippen LogP contribution is -2.48. The molecule has 3 aromatic rings. The number of benzene rings is 1. The van der Waals surface area contributed by atoms with E-state index in [2.05, 4.69) is 15.0 Å². The molecule has 1 fully saturated rings. The van der Waals surface area contributed by atoms with Gasteiger partial charge in [0.1, 0.15) is 5.69 Å². The number of aromatic nitrogens is 3. The lowest BCUT2D eigenvalue weighted by molar-refractivity contribution is 0.0739. The van der Waals surface area contributed by atoms with E-state index in [1.165, 1.54) is 17.6 Å². The Labute approximate surface area is 173 Å². The van der Waals surface area contributed by atoms with E-state index in [9.17, 15) is 13.2 Å². The van der Waals surface area contributed by atoms with Gasteiger partial charge in [0.15, 0.2) is 15.0 Å². The molecule has 154 valence electrons. The van der Waals surface area contributed by atoms with Crippen LogP contribution in [0.4, 0.5) is 5.13 Å². The first kappa shape index (κ1) is 19.8. The van der Waals surface area contributed by atoms with Gasteiger partial charge < -0.3 is 9.80 Å². The van der Waals surface area contributed by atoms with E-state index in [1.807, 2.05) is 24.9 Å². The number of hydrogen-bond donors (Lipinski definition) is 0. The third-order valence-corrected chi connectivity index (χ3v) is 7.16. The summed E-state index contributed by atoms with van der Waals surface area (Å²) in [6.07, 6.45) is 3.04. The molecule has 0 saturated carbocycles. The average Bonchev–Trinajstić information content (AvgIpc) is 3.33. The molecule has 4 rings (SSSR count). The van der Waals surface area contributed by atoms with E-state index in [4.69, 9.17) is 0 Å². The van der Waals surface area contributed by atoms with Crippen LogP contribution in [0.25, 0.3) is 10.2 Å². The van der Waals surface area contributed by atoms with Crippen LogP contribution in [0.5, 0.6) is 0 Å². The third-order valence-electron chi connectivity index (χ3n) is 4.97. The van der Waals surface area contributed by atoms with Gasteiger partial charge in [-0.2, -0.15) is 5.10 Å². The summed E-state index contributed by atoms with van der Waals surface area (Å²) in [6.45, 7) is 6.59. The number of amides is 1. The molecule has 0 N–H and O–H groups in total. The van der Waals surface area contributed by atoms with Crippen molar-refractivity contribution in [3.05, 3.63) is 36.2 Å². The molecule has 29 heavy (non-hydrogen) atoms. The van der Waals surface area contributed by atoms with E-state index in [0.29, 0.717) is 36.8 Å². The highest BCUT2D eigenvalue weighted by Crippen LogP contribution is 2.31. The van der Waals surface area contributed by atoms with Gasteiger partial charge in [-0.25, -0.2) is 13.4 Å². The van der Waals surface area contributed by atoms with Crippen molar-refractivity contribution in [2.24, 2.45) is 0 Å². The van der Waals surface area contributed by atoms with Crippen LogP contribution in [0.1, 0.15) is 30.4 Å². The summed E-state index contributed by atoms with van der Waals surface area (Å²) in [5.41, 5.74) is 1.26. The second-order valence-corrected chi connectivity index (χ2v) is 10.5. The van der Waals surface area contributed by atoms with Gasteiger partial charge in [0, 0.05) is 44.7 Å². The second kappa shape index (κ2) is 7.42. The Kier molecular flexibility index (Phi) is 5.07. The van der Waals surface area contributed by atoms with Crippen LogP contribution in [0, 0.1) is 0 Å². The predicted molar refractivity (Wildman–Crippen MR) is 113 cm³/mol. The molecule has 0 bridgehead atoms. The highest BCUT2D eigenvalue weighted by atomic mass is 32.2. The van der Waals surface area contributed by atoms with Gasteiger partial charge in [-0.15, -0.1) is 0 Å². The summed E-state index contributed by atoms with van der Waals surface area (Å²) in [5.74, 6) is -0.0499. The molecule has 1 saturated heterocycles. The van der Waals surface area contributed by atoms with Crippen LogP contribution in [0.2, 0.25) is 0 Å². The number of thiazole rings is 1. The van der Waals surface area contributed by atoms with Crippen molar-refractivity contribution < 1.29 is 13.2 Å². The Morgan fingerprint density at radius 2 is 1.86 bits per heavy atom. The molecule has 0 radical (unpaired) electrons. The first-order valence-corrected chi connectivity index (χ1v) is 12.1. The van der Waals surface area contributed by atoms with Crippen molar-refractivity contribution in [3.8, 4) is 0 Å². The first-order chi connectivity index (χ1) is 13.7. The Morgan fingerprint density at radius 1 is 1.14 bits per heavy atom. The van der Waals surface area contributed by atoms with Crippen molar-refractivity contribution in [3.63, 3.8) is 0 Å². The minimum absolute atomic E-state index is 0.0499. The van der Waals surface area contributed by atoms with Gasteiger partial charge >= 0.3 is 0 Å². The van der Waals surface area contributed by atoms with Crippen molar-refractivity contribution in [2.45, 2.75) is 24.8 Å². The molecule has 0 aliphatic carbocycles. The monoisotopic (exact) mass is 433 g/mol. The topological polar surface area (TPSA) is 88.4 Å². The van der Waals surface area contributed by atoms with Crippen molar-refractivity contribution >= 4 is 42.4 Å². The van der Waals surface area contributed by atoms with E-state index >= 15 is 0 Å². The van der Waals surface area contributed by atoms with Gasteiger partial charge in [0.25, 0.3) is 5.91 Å². The standard InChI is InChI=1S/C19H23N5O3S2/c1-13(2)24-7-6-16(21-24)18(25)22-8-10-23(11-9-22)19-20-15-5-4-14(29(3,26)27)12-17(15)28-19/h4-7,12-13H,8-11H2,1-3H3. The number of piperazine rings is 1. The highest BCUT2D eigenvalue weighted by Gasteiger charge is 2.25. The smallest absolute Gasteiger partial charge is 0.274 e. The number of carbonyl (C=O) groups is 1. The molecule has 1 aromatic carbocycles. The highest BCUT2D eigenvalue weighted by molar-refractivity contribution is 7.90. The maximum Gasteiger partial charge on any atom is 0.274 e. The molecule has 8 nitrogen and oxygen atoms in total. The zero-order valence-corrected chi connectivity index (χ0v) is 18.2. The van der Waals surface area contributed by atoms with Crippen molar-refractivity contribution in [1.29, 1.82) is 0 Å². The van der Waals surface area contributed by atoms with E-state index in [1.54, 1.807) is 28.9 Å². The van der Waals surface area contributed by atoms with Gasteiger partial charge in [0.05, 0.1) is 15.1 Å². The summed E-state index contributed by atoms with van der Waals surface area (Å²) >= 11 is 1.48. The fourth-order valence-electron chi connectivity index (χ4n) is 3.26. The molecular formula is C19H23N5O3S2. The molecule has 0 spiro atoms. The Balaban J connectivity index is 1.45. The maximum absolute atomic E-state index is 12.7. The third kappa shape index (κ3) is 3.99. The van der Waals surface area contributed by atoms with Crippen LogP contribution in [0.3, 0.4) is 0 Å². The zero-order valence-electron chi connectivity index (χ0n) is 16.6. The van der Waals surface area contributed by atoms with Crippen LogP contribution in [0.15, 0.2) is 35.4 Å². The molecular weight excluding hydrogens is 410 g/mol. The predicted octanol–water partition coefficient (Wildman–Crippen LogP) is 2.44. The first-order valence-electron chi connectivity index (χ1n) is 9.42. The molecule has 0 atom stereocenters. The summed E-state index contributed by atoms with van der Waals surface area (Å²) in [7, 11) is -3.24. The van der Waals surface area contributed by atoms with Crippen LogP contribution in [-0.4, -0.2) is 66.4 Å². The molecule has 10 heteroatoms.